The zero-order valence-corrected chi connectivity index (χ0v) is 10.6. The minimum Gasteiger partial charge on any atom is -0.468 e. The molecule has 0 spiro atoms. The van der Waals surface area contributed by atoms with E-state index < -0.39 is 0 Å². The van der Waals surface area contributed by atoms with Crippen molar-refractivity contribution >= 4 is 5.97 Å². The number of methoxy groups -OCH3 is 1. The van der Waals surface area contributed by atoms with Crippen LogP contribution in [-0.4, -0.2) is 19.1 Å². The molecular formula is C14H21NO2. The van der Waals surface area contributed by atoms with Crippen LogP contribution in [0.2, 0.25) is 0 Å². The van der Waals surface area contributed by atoms with E-state index in [9.17, 15) is 4.79 Å². The first kappa shape index (κ1) is 13.7. The highest BCUT2D eigenvalue weighted by Crippen LogP contribution is 2.05. The maximum absolute atomic E-state index is 11.6. The van der Waals surface area contributed by atoms with Crippen molar-refractivity contribution in [3.63, 3.8) is 0 Å². The molecule has 94 valence electrons. The van der Waals surface area contributed by atoms with Crippen LogP contribution in [0.4, 0.5) is 0 Å². The van der Waals surface area contributed by atoms with Gasteiger partial charge in [-0.1, -0.05) is 50.1 Å². The van der Waals surface area contributed by atoms with E-state index in [4.69, 9.17) is 4.74 Å². The second-order valence-electron chi connectivity index (χ2n) is 4.08. The molecule has 1 aromatic rings. The summed E-state index contributed by atoms with van der Waals surface area (Å²) < 4.78 is 4.80. The number of hydrogen-bond acceptors (Lipinski definition) is 3. The van der Waals surface area contributed by atoms with Crippen LogP contribution in [0.3, 0.4) is 0 Å². The van der Waals surface area contributed by atoms with Crippen molar-refractivity contribution in [3.05, 3.63) is 35.9 Å². The van der Waals surface area contributed by atoms with Crippen molar-refractivity contribution in [2.75, 3.05) is 7.11 Å². The summed E-state index contributed by atoms with van der Waals surface area (Å²) in [7, 11) is 1.44. The molecular weight excluding hydrogens is 214 g/mol. The average molecular weight is 235 g/mol. The second kappa shape index (κ2) is 7.85. The van der Waals surface area contributed by atoms with Crippen molar-refractivity contribution in [2.24, 2.45) is 0 Å². The number of carbonyl (C=O) groups is 1. The lowest BCUT2D eigenvalue weighted by molar-refractivity contribution is -0.143. The minimum atomic E-state index is -0.194. The summed E-state index contributed by atoms with van der Waals surface area (Å²) in [6.45, 7) is 2.82. The summed E-state index contributed by atoms with van der Waals surface area (Å²) in [5.41, 5.74) is 1.18. The predicted octanol–water partition coefficient (Wildman–Crippen LogP) is 2.51. The van der Waals surface area contributed by atoms with Crippen LogP contribution in [0, 0.1) is 0 Å². The number of rotatable bonds is 7. The molecule has 0 aliphatic carbocycles. The lowest BCUT2D eigenvalue weighted by Gasteiger charge is -2.16. The number of ether oxygens (including phenoxy) is 1. The number of esters is 1. The van der Waals surface area contributed by atoms with Crippen LogP contribution in [0.1, 0.15) is 31.7 Å². The van der Waals surface area contributed by atoms with E-state index in [1.54, 1.807) is 0 Å². The number of nitrogens with one attached hydrogen (secondary N) is 1. The van der Waals surface area contributed by atoms with Gasteiger partial charge in [0.15, 0.2) is 0 Å². The topological polar surface area (TPSA) is 38.3 Å². The Morgan fingerprint density at radius 2 is 2.06 bits per heavy atom. The molecule has 17 heavy (non-hydrogen) atoms. The smallest absolute Gasteiger partial charge is 0.322 e. The molecule has 1 atom stereocenters. The van der Waals surface area contributed by atoms with Crippen molar-refractivity contribution in [3.8, 4) is 0 Å². The normalized spacial score (nSPS) is 12.1. The Balaban J connectivity index is 2.46. The Labute approximate surface area is 103 Å². The Hall–Kier alpha value is -1.35. The second-order valence-corrected chi connectivity index (χ2v) is 4.08. The molecule has 0 bridgehead atoms. The fraction of sp³-hybridized carbons (Fsp3) is 0.500. The van der Waals surface area contributed by atoms with Crippen LogP contribution < -0.4 is 5.32 Å². The van der Waals surface area contributed by atoms with Crippen LogP contribution in [0.15, 0.2) is 30.3 Å². The van der Waals surface area contributed by atoms with Gasteiger partial charge in [0.05, 0.1) is 7.11 Å². The van der Waals surface area contributed by atoms with Gasteiger partial charge in [0.2, 0.25) is 0 Å². The minimum absolute atomic E-state index is 0.172. The van der Waals surface area contributed by atoms with Crippen molar-refractivity contribution < 1.29 is 9.53 Å². The fourth-order valence-electron chi connectivity index (χ4n) is 1.69. The summed E-state index contributed by atoms with van der Waals surface area (Å²) >= 11 is 0. The number of benzene rings is 1. The predicted molar refractivity (Wildman–Crippen MR) is 68.6 cm³/mol. The molecule has 1 aromatic carbocycles. The van der Waals surface area contributed by atoms with E-state index in [0.29, 0.717) is 6.54 Å². The van der Waals surface area contributed by atoms with Crippen LogP contribution in [0.5, 0.6) is 0 Å². The first-order valence-corrected chi connectivity index (χ1v) is 6.13. The van der Waals surface area contributed by atoms with Crippen molar-refractivity contribution in [1.82, 2.24) is 5.32 Å². The zero-order chi connectivity index (χ0) is 12.5. The fourth-order valence-corrected chi connectivity index (χ4v) is 1.69. The summed E-state index contributed by atoms with van der Waals surface area (Å²) in [4.78, 5) is 11.6. The molecule has 0 heterocycles. The number of unbranched alkanes of at least 4 members (excludes halogenated alkanes) is 1. The van der Waals surface area contributed by atoms with Gasteiger partial charge in [-0.25, -0.2) is 0 Å². The Kier molecular flexibility index (Phi) is 6.33. The summed E-state index contributed by atoms with van der Waals surface area (Å²) in [6.07, 6.45) is 2.94. The maximum atomic E-state index is 11.6. The van der Waals surface area contributed by atoms with Crippen LogP contribution in [0.25, 0.3) is 0 Å². The summed E-state index contributed by atoms with van der Waals surface area (Å²) in [5, 5.41) is 3.25. The van der Waals surface area contributed by atoms with E-state index >= 15 is 0 Å². The van der Waals surface area contributed by atoms with Crippen LogP contribution in [-0.2, 0) is 16.1 Å². The van der Waals surface area contributed by atoms with Crippen molar-refractivity contribution in [2.45, 2.75) is 38.8 Å². The first-order valence-electron chi connectivity index (χ1n) is 6.13. The Morgan fingerprint density at radius 3 is 2.65 bits per heavy atom. The molecule has 0 fully saturated rings. The van der Waals surface area contributed by atoms with Gasteiger partial charge in [0.1, 0.15) is 6.04 Å². The van der Waals surface area contributed by atoms with E-state index in [1.807, 2.05) is 30.3 Å². The zero-order valence-electron chi connectivity index (χ0n) is 10.6. The Morgan fingerprint density at radius 1 is 1.35 bits per heavy atom. The molecule has 0 aliphatic rings. The third-order valence-electron chi connectivity index (χ3n) is 2.73. The first-order chi connectivity index (χ1) is 8.27. The maximum Gasteiger partial charge on any atom is 0.322 e. The third-order valence-corrected chi connectivity index (χ3v) is 2.73. The van der Waals surface area contributed by atoms with E-state index in [-0.39, 0.29) is 12.0 Å². The molecule has 0 saturated heterocycles. The highest BCUT2D eigenvalue weighted by Gasteiger charge is 2.17. The summed E-state index contributed by atoms with van der Waals surface area (Å²) in [6, 6.07) is 9.87. The quantitative estimate of drug-likeness (QED) is 0.738. The molecule has 0 amide bonds. The van der Waals surface area contributed by atoms with Gasteiger partial charge in [-0.3, -0.25) is 4.79 Å². The third kappa shape index (κ3) is 5.00. The largest absolute Gasteiger partial charge is 0.468 e. The van der Waals surface area contributed by atoms with Crippen LogP contribution >= 0.6 is 0 Å². The molecule has 0 aromatic heterocycles. The SMILES string of the molecule is CCCC[C@@H](NCc1ccccc1)C(=O)OC. The average Bonchev–Trinajstić information content (AvgIpc) is 2.39. The standard InChI is InChI=1S/C14H21NO2/c1-3-4-10-13(14(16)17-2)15-11-12-8-6-5-7-9-12/h5-9,13,15H,3-4,10-11H2,1-2H3/t13-/m1/s1. The summed E-state index contributed by atoms with van der Waals surface area (Å²) in [5.74, 6) is -0.172. The van der Waals surface area contributed by atoms with Gasteiger partial charge in [-0.2, -0.15) is 0 Å². The Bertz CT molecular complexity index is 324. The molecule has 3 heteroatoms. The highest BCUT2D eigenvalue weighted by molar-refractivity contribution is 5.75. The van der Waals surface area contributed by atoms with Crippen molar-refractivity contribution in [1.29, 1.82) is 0 Å². The monoisotopic (exact) mass is 235 g/mol. The molecule has 0 aliphatic heterocycles. The number of hydrogen-bond donors (Lipinski definition) is 1. The lowest BCUT2D eigenvalue weighted by Crippen LogP contribution is -2.37. The van der Waals surface area contributed by atoms with Gasteiger partial charge < -0.3 is 10.1 Å². The molecule has 0 saturated carbocycles. The number of carbonyl (C=O) groups excluding carboxylic acids is 1. The van der Waals surface area contributed by atoms with E-state index in [2.05, 4.69) is 12.2 Å². The molecule has 0 radical (unpaired) electrons. The molecule has 1 N–H and O–H groups in total. The van der Waals surface area contributed by atoms with Gasteiger partial charge in [-0.15, -0.1) is 0 Å². The van der Waals surface area contributed by atoms with Gasteiger partial charge in [0, 0.05) is 6.54 Å². The molecule has 1 rings (SSSR count). The molecule has 3 nitrogen and oxygen atoms in total. The van der Waals surface area contributed by atoms with E-state index in [1.165, 1.54) is 12.7 Å². The highest BCUT2D eigenvalue weighted by atomic mass is 16.5. The lowest BCUT2D eigenvalue weighted by atomic mass is 10.1. The van der Waals surface area contributed by atoms with Gasteiger partial charge in [-0.05, 0) is 12.0 Å². The van der Waals surface area contributed by atoms with Gasteiger partial charge in [0.25, 0.3) is 0 Å². The van der Waals surface area contributed by atoms with E-state index in [0.717, 1.165) is 19.3 Å². The molecule has 0 unspecified atom stereocenters. The van der Waals surface area contributed by atoms with Gasteiger partial charge >= 0.3 is 5.97 Å².